The molecule has 0 spiro atoms. The summed E-state index contributed by atoms with van der Waals surface area (Å²) < 4.78 is 0. The summed E-state index contributed by atoms with van der Waals surface area (Å²) in [5.41, 5.74) is 8.37. The molecule has 2 rings (SSSR count). The van der Waals surface area contributed by atoms with Crippen molar-refractivity contribution in [1.82, 2.24) is 0 Å². The van der Waals surface area contributed by atoms with Gasteiger partial charge in [-0.1, -0.05) is 41.5 Å². The predicted octanol–water partition coefficient (Wildman–Crippen LogP) is 5.45. The average Bonchev–Trinajstić information content (AvgIpc) is 2.70. The first kappa shape index (κ1) is 20.1. The van der Waals surface area contributed by atoms with E-state index in [1.54, 1.807) is 21.6 Å². The Balaban J connectivity index is 0.000000289. The van der Waals surface area contributed by atoms with Gasteiger partial charge in [0, 0.05) is 0 Å². The van der Waals surface area contributed by atoms with Crippen LogP contribution in [-0.2, 0) is 21.6 Å². The third-order valence-corrected chi connectivity index (χ3v) is 3.02. The number of hydrogen-bond donors (Lipinski definition) is 0. The van der Waals surface area contributed by atoms with E-state index in [1.807, 2.05) is 0 Å². The molecule has 0 aromatic heterocycles. The van der Waals surface area contributed by atoms with Crippen molar-refractivity contribution in [3.8, 4) is 0 Å². The second-order valence-corrected chi connectivity index (χ2v) is 22.8. The summed E-state index contributed by atoms with van der Waals surface area (Å²) in [5.74, 6) is 4.75. The van der Waals surface area contributed by atoms with Crippen molar-refractivity contribution in [2.24, 2.45) is 0 Å². The van der Waals surface area contributed by atoms with Gasteiger partial charge in [-0.15, -0.1) is 0 Å². The monoisotopic (exact) mass is 408 g/mol. The Hall–Kier alpha value is 0.126. The summed E-state index contributed by atoms with van der Waals surface area (Å²) in [7, 11) is -0.243. The van der Waals surface area contributed by atoms with Gasteiger partial charge in [0.2, 0.25) is 0 Å². The summed E-state index contributed by atoms with van der Waals surface area (Å²) in [4.78, 5) is 0. The molecule has 0 amide bonds. The SMILES string of the molecule is Cc1cc(C)c(C)[cH-]1.Cc1cc(C)c(C)[cH-]1.[CH3][Ge]([CH3])=[Zr+2]. The Morgan fingerprint density at radius 3 is 1.05 bits per heavy atom. The molecular formula is C18H28GeZr. The van der Waals surface area contributed by atoms with Gasteiger partial charge in [-0.05, 0) is 0 Å². The van der Waals surface area contributed by atoms with Gasteiger partial charge < -0.3 is 0 Å². The molecule has 20 heavy (non-hydrogen) atoms. The Morgan fingerprint density at radius 1 is 0.750 bits per heavy atom. The molecule has 2 aromatic rings. The molecule has 0 unspecified atom stereocenters. The van der Waals surface area contributed by atoms with Gasteiger partial charge >= 0.3 is 43.1 Å². The van der Waals surface area contributed by atoms with Crippen molar-refractivity contribution in [3.05, 3.63) is 57.6 Å². The topological polar surface area (TPSA) is 0 Å². The molecule has 0 aliphatic carbocycles. The molecule has 2 aromatic carbocycles. The van der Waals surface area contributed by atoms with Gasteiger partial charge in [-0.3, -0.25) is 0 Å². The minimum absolute atomic E-state index is 0.243. The summed E-state index contributed by atoms with van der Waals surface area (Å²) in [6.45, 7) is 12.8. The molecule has 0 aliphatic heterocycles. The Morgan fingerprint density at radius 2 is 1.00 bits per heavy atom. The number of aryl methyl sites for hydroxylation is 6. The van der Waals surface area contributed by atoms with Crippen LogP contribution in [0, 0.1) is 41.5 Å². The van der Waals surface area contributed by atoms with Gasteiger partial charge in [0.25, 0.3) is 0 Å². The van der Waals surface area contributed by atoms with E-state index in [4.69, 9.17) is 0 Å². The van der Waals surface area contributed by atoms with Crippen molar-refractivity contribution in [3.63, 3.8) is 0 Å². The summed E-state index contributed by atoms with van der Waals surface area (Å²) in [6.07, 6.45) is 0. The van der Waals surface area contributed by atoms with Crippen molar-refractivity contribution < 1.29 is 21.6 Å². The van der Waals surface area contributed by atoms with Gasteiger partial charge in [0.1, 0.15) is 0 Å². The standard InChI is InChI=1S/2C8H11.C2H6Ge.Zr/c2*1-6-4-7(2)8(3)5-6;1-3-2;/h2*4-5H,1-3H3;1-2H3;/q2*-1;;+2. The van der Waals surface area contributed by atoms with E-state index in [-0.39, 0.29) is 9.98 Å². The first-order chi connectivity index (χ1) is 9.13. The van der Waals surface area contributed by atoms with E-state index in [0.717, 1.165) is 0 Å². The van der Waals surface area contributed by atoms with Crippen LogP contribution in [0.25, 0.3) is 0 Å². The van der Waals surface area contributed by atoms with Gasteiger partial charge in [0.05, 0.1) is 0 Å². The molecule has 0 radical (unpaired) electrons. The molecule has 0 aliphatic rings. The Bertz CT molecular complexity index is 457. The fourth-order valence-electron chi connectivity index (χ4n) is 1.90. The van der Waals surface area contributed by atoms with E-state index < -0.39 is 0 Å². The molecule has 0 N–H and O–H groups in total. The van der Waals surface area contributed by atoms with Gasteiger partial charge in [0.15, 0.2) is 0 Å². The van der Waals surface area contributed by atoms with Crippen LogP contribution in [0.5, 0.6) is 0 Å². The van der Waals surface area contributed by atoms with Crippen LogP contribution >= 0.6 is 0 Å². The van der Waals surface area contributed by atoms with E-state index in [9.17, 15) is 0 Å². The van der Waals surface area contributed by atoms with Crippen LogP contribution in [0.1, 0.15) is 33.4 Å². The molecule has 0 fully saturated rings. The van der Waals surface area contributed by atoms with E-state index >= 15 is 0 Å². The Kier molecular flexibility index (Phi) is 10.0. The van der Waals surface area contributed by atoms with Crippen molar-refractivity contribution in [1.29, 1.82) is 0 Å². The second kappa shape index (κ2) is 9.95. The fourth-order valence-corrected chi connectivity index (χ4v) is 1.90. The normalized spacial score (nSPS) is 9.30. The quantitative estimate of drug-likeness (QED) is 0.402. The van der Waals surface area contributed by atoms with Crippen LogP contribution in [0.4, 0.5) is 0 Å². The van der Waals surface area contributed by atoms with Crippen LogP contribution in [0.2, 0.25) is 11.5 Å². The first-order valence-corrected chi connectivity index (χ1v) is 18.7. The summed E-state index contributed by atoms with van der Waals surface area (Å²) in [6, 6.07) is 8.81. The van der Waals surface area contributed by atoms with Crippen molar-refractivity contribution >= 4 is 9.98 Å². The number of hydrogen-bond acceptors (Lipinski definition) is 0. The van der Waals surface area contributed by atoms with Crippen LogP contribution in [0.3, 0.4) is 0 Å². The zero-order valence-electron chi connectivity index (χ0n) is 14.3. The molecule has 0 nitrogen and oxygen atoms in total. The van der Waals surface area contributed by atoms with Crippen LogP contribution in [-0.4, -0.2) is 9.98 Å². The molecular weight excluding hydrogens is 380 g/mol. The molecule has 0 heterocycles. The van der Waals surface area contributed by atoms with Crippen molar-refractivity contribution in [2.75, 3.05) is 0 Å². The molecule has 0 saturated carbocycles. The van der Waals surface area contributed by atoms with Gasteiger partial charge in [-0.2, -0.15) is 45.5 Å². The predicted molar refractivity (Wildman–Crippen MR) is 90.0 cm³/mol. The fraction of sp³-hybridized carbons (Fsp3) is 0.444. The van der Waals surface area contributed by atoms with E-state index in [2.05, 4.69) is 77.3 Å². The Labute approximate surface area is 141 Å². The zero-order chi connectivity index (χ0) is 15.9. The summed E-state index contributed by atoms with van der Waals surface area (Å²) in [5, 5.41) is 0. The van der Waals surface area contributed by atoms with Crippen LogP contribution in [0.15, 0.2) is 24.3 Å². The summed E-state index contributed by atoms with van der Waals surface area (Å²) >= 11 is 1.80. The molecule has 0 saturated heterocycles. The molecule has 108 valence electrons. The zero-order valence-corrected chi connectivity index (χ0v) is 18.9. The molecule has 0 atom stereocenters. The van der Waals surface area contributed by atoms with E-state index in [0.29, 0.717) is 0 Å². The third kappa shape index (κ3) is 9.13. The second-order valence-electron chi connectivity index (χ2n) is 5.80. The van der Waals surface area contributed by atoms with Crippen LogP contribution < -0.4 is 0 Å². The number of rotatable bonds is 0. The van der Waals surface area contributed by atoms with E-state index in [1.165, 1.54) is 33.4 Å². The molecule has 2 heteroatoms. The third-order valence-electron chi connectivity index (χ3n) is 3.02. The first-order valence-electron chi connectivity index (χ1n) is 7.06. The maximum absolute atomic E-state index is 2.37. The molecule has 0 bridgehead atoms. The van der Waals surface area contributed by atoms with Gasteiger partial charge in [-0.25, -0.2) is 12.1 Å². The average molecular weight is 408 g/mol. The van der Waals surface area contributed by atoms with Crippen molar-refractivity contribution in [2.45, 2.75) is 53.1 Å². The maximum atomic E-state index is 2.37. The minimum atomic E-state index is -0.243.